The van der Waals surface area contributed by atoms with Crippen LogP contribution in [-0.4, -0.2) is 24.5 Å². The summed E-state index contributed by atoms with van der Waals surface area (Å²) < 4.78 is 40.0. The predicted molar refractivity (Wildman–Crippen MR) is 98.6 cm³/mol. The summed E-state index contributed by atoms with van der Waals surface area (Å²) in [7, 11) is 0. The zero-order chi connectivity index (χ0) is 19.9. The van der Waals surface area contributed by atoms with Gasteiger partial charge in [-0.25, -0.2) is 19.9 Å². The number of benzene rings is 1. The highest BCUT2D eigenvalue weighted by Gasteiger charge is 2.31. The molecule has 11 heteroatoms. The Bertz CT molecular complexity index is 1170. The molecular formula is C17H11ClF3N7. The number of nitrogens with two attached hydrogens (primary N) is 1. The Hall–Kier alpha value is -3.40. The van der Waals surface area contributed by atoms with Crippen molar-refractivity contribution in [1.29, 1.82) is 0 Å². The molecule has 0 aliphatic carbocycles. The van der Waals surface area contributed by atoms with Crippen molar-refractivity contribution in [3.8, 4) is 5.82 Å². The first-order chi connectivity index (χ1) is 13.3. The van der Waals surface area contributed by atoms with Crippen LogP contribution in [0.3, 0.4) is 0 Å². The summed E-state index contributed by atoms with van der Waals surface area (Å²) in [6, 6.07) is 8.18. The fourth-order valence-corrected chi connectivity index (χ4v) is 2.82. The van der Waals surface area contributed by atoms with Gasteiger partial charge in [-0.2, -0.15) is 13.2 Å². The van der Waals surface area contributed by atoms with Gasteiger partial charge >= 0.3 is 6.18 Å². The van der Waals surface area contributed by atoms with Gasteiger partial charge in [0.2, 0.25) is 0 Å². The molecular weight excluding hydrogens is 395 g/mol. The van der Waals surface area contributed by atoms with Crippen molar-refractivity contribution < 1.29 is 13.2 Å². The molecule has 4 rings (SSSR count). The topological polar surface area (TPSA) is 94.5 Å². The lowest BCUT2D eigenvalue weighted by Crippen LogP contribution is -2.09. The van der Waals surface area contributed by atoms with Gasteiger partial charge in [0.15, 0.2) is 11.6 Å². The van der Waals surface area contributed by atoms with E-state index in [-0.39, 0.29) is 22.3 Å². The van der Waals surface area contributed by atoms with Gasteiger partial charge in [0, 0.05) is 6.20 Å². The largest absolute Gasteiger partial charge is 0.417 e. The molecule has 0 fully saturated rings. The average Bonchev–Trinajstić information content (AvgIpc) is 3.08. The number of nitrogen functional groups attached to an aromatic ring is 1. The lowest BCUT2D eigenvalue weighted by molar-refractivity contribution is -0.137. The highest BCUT2D eigenvalue weighted by atomic mass is 35.5. The maximum absolute atomic E-state index is 12.8. The van der Waals surface area contributed by atoms with E-state index in [4.69, 9.17) is 17.3 Å². The number of halogens is 4. The second kappa shape index (κ2) is 6.64. The van der Waals surface area contributed by atoms with Crippen molar-refractivity contribution in [3.63, 3.8) is 0 Å². The van der Waals surface area contributed by atoms with Gasteiger partial charge in [-0.15, -0.1) is 0 Å². The third-order valence-electron chi connectivity index (χ3n) is 3.95. The molecule has 3 heterocycles. The number of nitrogens with zero attached hydrogens (tertiary/aromatic N) is 5. The molecule has 4 aromatic rings. The van der Waals surface area contributed by atoms with E-state index in [0.29, 0.717) is 12.0 Å². The van der Waals surface area contributed by atoms with Crippen molar-refractivity contribution >= 4 is 40.0 Å². The van der Waals surface area contributed by atoms with Crippen molar-refractivity contribution in [2.24, 2.45) is 0 Å². The van der Waals surface area contributed by atoms with Gasteiger partial charge in [-0.05, 0) is 18.2 Å². The average molecular weight is 406 g/mol. The third-order valence-corrected chi connectivity index (χ3v) is 4.24. The van der Waals surface area contributed by atoms with Crippen LogP contribution in [-0.2, 0) is 6.18 Å². The number of pyridine rings is 1. The highest BCUT2D eigenvalue weighted by molar-refractivity contribution is 6.33. The van der Waals surface area contributed by atoms with Crippen molar-refractivity contribution in [1.82, 2.24) is 24.5 Å². The molecule has 0 unspecified atom stereocenters. The molecule has 3 N–H and O–H groups in total. The molecule has 0 aliphatic rings. The smallest absolute Gasteiger partial charge is 0.393 e. The Labute approximate surface area is 161 Å². The summed E-state index contributed by atoms with van der Waals surface area (Å²) in [5, 5.41) is 2.53. The van der Waals surface area contributed by atoms with E-state index in [9.17, 15) is 13.2 Å². The van der Waals surface area contributed by atoms with E-state index in [1.54, 1.807) is 10.9 Å². The second-order valence-electron chi connectivity index (χ2n) is 5.74. The fraction of sp³-hybridized carbons (Fsp3) is 0.0588. The molecule has 0 radical (unpaired) electrons. The summed E-state index contributed by atoms with van der Waals surface area (Å²) in [6.45, 7) is 0. The molecule has 0 aliphatic heterocycles. The molecule has 0 spiro atoms. The first-order valence-corrected chi connectivity index (χ1v) is 8.25. The Morgan fingerprint density at radius 2 is 1.82 bits per heavy atom. The number of hydrogen-bond donors (Lipinski definition) is 2. The standard InChI is InChI=1S/C17H11ClF3N7/c18-10-5-9(17(19,20)21)6-23-14(10)27-15-13(22)16(25-7-24-15)28-8-26-11-3-1-2-4-12(11)28/h1-8H,22H2,(H,23,24,25,27). The van der Waals surface area contributed by atoms with Crippen LogP contribution in [0.2, 0.25) is 5.02 Å². The van der Waals surface area contributed by atoms with Crippen LogP contribution in [0.4, 0.5) is 30.5 Å². The Morgan fingerprint density at radius 1 is 1.04 bits per heavy atom. The molecule has 7 nitrogen and oxygen atoms in total. The molecule has 0 saturated carbocycles. The van der Waals surface area contributed by atoms with Crippen LogP contribution >= 0.6 is 11.6 Å². The van der Waals surface area contributed by atoms with Gasteiger partial charge < -0.3 is 11.1 Å². The van der Waals surface area contributed by atoms with Crippen LogP contribution < -0.4 is 11.1 Å². The minimum atomic E-state index is -4.54. The zero-order valence-electron chi connectivity index (χ0n) is 13.9. The SMILES string of the molecule is Nc1c(Nc2ncc(C(F)(F)F)cc2Cl)ncnc1-n1cnc2ccccc21. The highest BCUT2D eigenvalue weighted by Crippen LogP contribution is 2.34. The Balaban J connectivity index is 1.72. The van der Waals surface area contributed by atoms with Crippen molar-refractivity contribution in [2.75, 3.05) is 11.1 Å². The molecule has 28 heavy (non-hydrogen) atoms. The number of fused-ring (bicyclic) bond motifs is 1. The fourth-order valence-electron chi connectivity index (χ4n) is 2.60. The van der Waals surface area contributed by atoms with Crippen LogP contribution in [0.5, 0.6) is 0 Å². The number of alkyl halides is 3. The third kappa shape index (κ3) is 3.18. The van der Waals surface area contributed by atoms with Crippen LogP contribution in [0.1, 0.15) is 5.56 Å². The molecule has 0 atom stereocenters. The minimum Gasteiger partial charge on any atom is -0.393 e. The van der Waals surface area contributed by atoms with E-state index in [1.807, 2.05) is 24.3 Å². The van der Waals surface area contributed by atoms with Gasteiger partial charge in [-0.1, -0.05) is 23.7 Å². The van der Waals surface area contributed by atoms with E-state index in [1.165, 1.54) is 6.33 Å². The summed E-state index contributed by atoms with van der Waals surface area (Å²) >= 11 is 5.93. The van der Waals surface area contributed by atoms with Gasteiger partial charge in [-0.3, -0.25) is 4.57 Å². The number of rotatable bonds is 3. The number of para-hydroxylation sites is 2. The minimum absolute atomic E-state index is 0.0125. The first kappa shape index (κ1) is 18.0. The normalized spacial score (nSPS) is 11.7. The lowest BCUT2D eigenvalue weighted by Gasteiger charge is -2.13. The molecule has 0 bridgehead atoms. The molecule has 142 valence electrons. The number of imidazole rings is 1. The number of anilines is 3. The zero-order valence-corrected chi connectivity index (χ0v) is 14.7. The van der Waals surface area contributed by atoms with Crippen LogP contribution in [0.15, 0.2) is 49.2 Å². The molecule has 1 aromatic carbocycles. The summed E-state index contributed by atoms with van der Waals surface area (Å²) in [5.41, 5.74) is 6.91. The maximum Gasteiger partial charge on any atom is 0.417 e. The summed E-state index contributed by atoms with van der Waals surface area (Å²) in [6.07, 6.45) is -1.04. The molecule has 0 saturated heterocycles. The summed E-state index contributed by atoms with van der Waals surface area (Å²) in [5.74, 6) is 0.493. The van der Waals surface area contributed by atoms with Gasteiger partial charge in [0.25, 0.3) is 0 Å². The van der Waals surface area contributed by atoms with E-state index >= 15 is 0 Å². The van der Waals surface area contributed by atoms with E-state index in [0.717, 1.165) is 17.1 Å². The maximum atomic E-state index is 12.8. The number of nitrogens with one attached hydrogen (secondary N) is 1. The van der Waals surface area contributed by atoms with E-state index in [2.05, 4.69) is 25.3 Å². The van der Waals surface area contributed by atoms with Crippen LogP contribution in [0, 0.1) is 0 Å². The van der Waals surface area contributed by atoms with Crippen molar-refractivity contribution in [2.45, 2.75) is 6.18 Å². The Morgan fingerprint density at radius 3 is 2.57 bits per heavy atom. The summed E-state index contributed by atoms with van der Waals surface area (Å²) in [4.78, 5) is 16.2. The first-order valence-electron chi connectivity index (χ1n) is 7.87. The predicted octanol–water partition coefficient (Wildman–Crippen LogP) is 4.21. The van der Waals surface area contributed by atoms with Crippen LogP contribution in [0.25, 0.3) is 16.9 Å². The van der Waals surface area contributed by atoms with Crippen molar-refractivity contribution in [3.05, 3.63) is 59.8 Å². The monoisotopic (exact) mass is 405 g/mol. The van der Waals surface area contributed by atoms with Gasteiger partial charge in [0.05, 0.1) is 21.6 Å². The Kier molecular flexibility index (Phi) is 4.27. The number of hydrogen-bond acceptors (Lipinski definition) is 6. The molecule has 0 amide bonds. The van der Waals surface area contributed by atoms with Gasteiger partial charge in [0.1, 0.15) is 24.2 Å². The second-order valence-corrected chi connectivity index (χ2v) is 6.15. The quantitative estimate of drug-likeness (QED) is 0.530. The molecule has 3 aromatic heterocycles. The van der Waals surface area contributed by atoms with E-state index < -0.39 is 11.7 Å². The lowest BCUT2D eigenvalue weighted by atomic mass is 10.2. The number of aromatic nitrogens is 5.